The van der Waals surface area contributed by atoms with E-state index >= 15 is 0 Å². The average molecular weight is 824 g/mol. The van der Waals surface area contributed by atoms with Crippen LogP contribution >= 0.6 is 34.8 Å². The number of ether oxygens (including phenoxy) is 3. The van der Waals surface area contributed by atoms with E-state index < -0.39 is 73.0 Å². The molecule has 0 radical (unpaired) electrons. The van der Waals surface area contributed by atoms with Gasteiger partial charge in [-0.25, -0.2) is 14.7 Å². The molecule has 19 heteroatoms. The van der Waals surface area contributed by atoms with Crippen LogP contribution < -0.4 is 15.4 Å². The van der Waals surface area contributed by atoms with Crippen molar-refractivity contribution in [3.8, 4) is 5.75 Å². The molecule has 4 amide bonds. The lowest BCUT2D eigenvalue weighted by Crippen LogP contribution is -2.80. The van der Waals surface area contributed by atoms with Crippen LogP contribution in [0.4, 0.5) is 4.79 Å². The van der Waals surface area contributed by atoms with Crippen molar-refractivity contribution in [2.45, 2.75) is 58.7 Å². The van der Waals surface area contributed by atoms with Crippen molar-refractivity contribution in [2.75, 3.05) is 6.61 Å². The first-order valence-electron chi connectivity index (χ1n) is 16.0. The quantitative estimate of drug-likeness (QED) is 0.0570. The fourth-order valence-electron chi connectivity index (χ4n) is 5.97. The highest BCUT2D eigenvalue weighted by Crippen LogP contribution is 2.50. The largest absolute Gasteiger partial charge is 0.514 e. The van der Waals surface area contributed by atoms with Gasteiger partial charge in [0.25, 0.3) is 11.8 Å². The van der Waals surface area contributed by atoms with Gasteiger partial charge in [-0.05, 0) is 42.7 Å². The Bertz CT molecular complexity index is 1900. The first kappa shape index (κ1) is 40.4. The maximum Gasteiger partial charge on any atom is 0.514 e. The summed E-state index contributed by atoms with van der Waals surface area (Å²) in [5, 5.41) is 4.14. The molecule has 2 fully saturated rings. The van der Waals surface area contributed by atoms with Gasteiger partial charge in [0.2, 0.25) is 22.3 Å². The van der Waals surface area contributed by atoms with E-state index in [1.807, 2.05) is 6.07 Å². The predicted octanol–water partition coefficient (Wildman–Crippen LogP) is 3.58. The molecule has 2 unspecified atom stereocenters. The second-order valence-electron chi connectivity index (χ2n) is 12.4. The molecular weight excluding hydrogens is 791 g/mol. The highest BCUT2D eigenvalue weighted by molar-refractivity contribution is 7.87. The van der Waals surface area contributed by atoms with Crippen LogP contribution in [-0.4, -0.2) is 83.2 Å². The molecule has 2 N–H and O–H groups in total. The van der Waals surface area contributed by atoms with Crippen molar-refractivity contribution in [1.29, 1.82) is 0 Å². The van der Waals surface area contributed by atoms with E-state index in [0.717, 1.165) is 10.5 Å². The van der Waals surface area contributed by atoms with Crippen molar-refractivity contribution in [2.24, 2.45) is 0 Å². The third-order valence-electron chi connectivity index (χ3n) is 8.64. The molecule has 0 saturated carbocycles. The lowest BCUT2D eigenvalue weighted by Gasteiger charge is -2.49. The van der Waals surface area contributed by atoms with Gasteiger partial charge in [-0.2, -0.15) is 0 Å². The van der Waals surface area contributed by atoms with Crippen LogP contribution in [-0.2, 0) is 62.3 Å². The Balaban J connectivity index is 1.48. The molecule has 0 bridgehead atoms. The summed E-state index contributed by atoms with van der Waals surface area (Å²) < 4.78 is 26.2. The van der Waals surface area contributed by atoms with E-state index in [1.54, 1.807) is 54.6 Å². The number of amides is 4. The summed E-state index contributed by atoms with van der Waals surface area (Å²) in [4.78, 5) is 85.0. The Labute approximate surface area is 326 Å². The Morgan fingerprint density at radius 3 is 2.04 bits per heavy atom. The van der Waals surface area contributed by atoms with Crippen LogP contribution in [0.3, 0.4) is 0 Å². The van der Waals surface area contributed by atoms with Crippen LogP contribution in [0.15, 0.2) is 84.9 Å². The fourth-order valence-corrected chi connectivity index (χ4v) is 8.14. The van der Waals surface area contributed by atoms with Crippen LogP contribution in [0.2, 0.25) is 0 Å². The maximum atomic E-state index is 14.6. The third kappa shape index (κ3) is 8.32. The van der Waals surface area contributed by atoms with Gasteiger partial charge in [0.15, 0.2) is 6.04 Å². The summed E-state index contributed by atoms with van der Waals surface area (Å²) in [7, 11) is -2.10. The molecule has 286 valence electrons. The minimum Gasteiger partial charge on any atom is -0.458 e. The number of nitrogens with one attached hydrogen (secondary N) is 2. The fraction of sp³-hybridized carbons (Fsp3) is 0.314. The average Bonchev–Trinajstić information content (AvgIpc) is 3.30. The molecule has 0 spiro atoms. The summed E-state index contributed by atoms with van der Waals surface area (Å²) in [5.41, 5.74) is -1.15. The van der Waals surface area contributed by atoms with Crippen LogP contribution in [0.5, 0.6) is 5.75 Å². The molecule has 0 aromatic heterocycles. The second kappa shape index (κ2) is 16.7. The monoisotopic (exact) mass is 822 g/mol. The highest BCUT2D eigenvalue weighted by atomic mass is 35.6. The SMILES string of the molecule is CC1(C)S(=O)[C@@H]2[C@H](NC=O)C(=O)N2[C@@]1(NC(=O)C(c1ccc(OC(=O)OCc2ccccc2)cc1)N(C=O)OCC(Cl)(Cl)Cl)C(=O)OCc1ccccc1. The molecule has 54 heavy (non-hydrogen) atoms. The van der Waals surface area contributed by atoms with Gasteiger partial charge in [0.1, 0.15) is 37.0 Å². The van der Waals surface area contributed by atoms with Crippen molar-refractivity contribution in [3.05, 3.63) is 102 Å². The zero-order valence-corrected chi connectivity index (χ0v) is 31.6. The van der Waals surface area contributed by atoms with Gasteiger partial charge in [0.05, 0.1) is 15.5 Å². The van der Waals surface area contributed by atoms with E-state index in [4.69, 9.17) is 53.9 Å². The molecule has 2 saturated heterocycles. The van der Waals surface area contributed by atoms with Gasteiger partial charge in [-0.3, -0.25) is 33.1 Å². The van der Waals surface area contributed by atoms with E-state index in [1.165, 1.54) is 38.1 Å². The first-order valence-corrected chi connectivity index (χ1v) is 18.4. The standard InChI is InChI=1S/C35H33Cl3N4O11S/c1-33(2)35(31(47)50-17-22-9-5-3-6-10-22,42-29(46)26(39-20-43)30(42)54(33)49)40-28(45)27(41(21-44)52-19-34(36,37)38)24-13-15-25(16-14-24)53-32(48)51-18-23-11-7-4-8-12-23/h3-16,20-21,26-27,30H,17-19H2,1-2H3,(H,39,43)(H,40,45)/t26-,27?,30-,35+,54?/m1/s1. The predicted molar refractivity (Wildman–Crippen MR) is 194 cm³/mol. The second-order valence-corrected chi connectivity index (χ2v) is 17.0. The number of β-lactam (4-membered cyclic amide) rings is 1. The molecule has 5 atom stereocenters. The number of hydroxylamine groups is 2. The number of hydrogen-bond donors (Lipinski definition) is 2. The topological polar surface area (TPSA) is 187 Å². The van der Waals surface area contributed by atoms with Gasteiger partial charge in [0, 0.05) is 0 Å². The van der Waals surface area contributed by atoms with Crippen molar-refractivity contribution in [3.63, 3.8) is 0 Å². The summed E-state index contributed by atoms with van der Waals surface area (Å²) in [6, 6.07) is 19.5. The van der Waals surface area contributed by atoms with E-state index in [0.29, 0.717) is 10.6 Å². The number of hydrogen-bond acceptors (Lipinski definition) is 11. The van der Waals surface area contributed by atoms with Crippen LogP contribution in [0.25, 0.3) is 0 Å². The number of benzene rings is 3. The van der Waals surface area contributed by atoms with Gasteiger partial charge >= 0.3 is 12.1 Å². The number of rotatable bonds is 15. The lowest BCUT2D eigenvalue weighted by molar-refractivity contribution is -0.195. The van der Waals surface area contributed by atoms with Crippen molar-refractivity contribution < 1.29 is 52.0 Å². The Kier molecular flexibility index (Phi) is 12.5. The smallest absolute Gasteiger partial charge is 0.458 e. The molecule has 3 aromatic carbocycles. The zero-order valence-electron chi connectivity index (χ0n) is 28.5. The lowest BCUT2D eigenvalue weighted by atomic mass is 9.87. The van der Waals surface area contributed by atoms with Gasteiger partial charge in [-0.1, -0.05) is 108 Å². The molecule has 0 aliphatic carbocycles. The summed E-state index contributed by atoms with van der Waals surface area (Å²) in [5.74, 6) is -3.13. The molecule has 2 aliphatic rings. The Hall–Kier alpha value is -4.74. The Morgan fingerprint density at radius 2 is 1.50 bits per heavy atom. The van der Waals surface area contributed by atoms with Gasteiger partial charge in [-0.15, -0.1) is 0 Å². The minimum absolute atomic E-state index is 0.00754. The first-order chi connectivity index (χ1) is 25.6. The minimum atomic E-state index is -2.46. The van der Waals surface area contributed by atoms with E-state index in [9.17, 15) is 33.0 Å². The number of nitrogens with zero attached hydrogens (tertiary/aromatic N) is 2. The number of esters is 1. The number of alkyl halides is 3. The summed E-state index contributed by atoms with van der Waals surface area (Å²) >= 11 is 17.6. The molecule has 2 aliphatic heterocycles. The van der Waals surface area contributed by atoms with Crippen LogP contribution in [0, 0.1) is 0 Å². The molecule has 15 nitrogen and oxygen atoms in total. The summed E-state index contributed by atoms with van der Waals surface area (Å²) in [6.45, 7) is 1.68. The van der Waals surface area contributed by atoms with Gasteiger partial charge < -0.3 is 24.8 Å². The van der Waals surface area contributed by atoms with E-state index in [-0.39, 0.29) is 37.3 Å². The zero-order chi connectivity index (χ0) is 39.3. The third-order valence-corrected chi connectivity index (χ3v) is 11.2. The number of carbonyl (C=O) groups excluding carboxylic acids is 6. The molecule has 3 aromatic rings. The van der Waals surface area contributed by atoms with Crippen molar-refractivity contribution in [1.82, 2.24) is 20.6 Å². The highest BCUT2D eigenvalue weighted by Gasteiger charge is 2.77. The number of halogens is 3. The number of fused-ring (bicyclic) bond motifs is 1. The molecule has 5 rings (SSSR count). The normalized spacial score (nSPS) is 21.8. The molecular formula is C35H33Cl3N4O11S. The summed E-state index contributed by atoms with van der Waals surface area (Å²) in [6.07, 6.45) is -0.649. The van der Waals surface area contributed by atoms with Crippen molar-refractivity contribution >= 4 is 82.4 Å². The maximum absolute atomic E-state index is 14.6. The van der Waals surface area contributed by atoms with Crippen LogP contribution in [0.1, 0.15) is 36.6 Å². The Morgan fingerprint density at radius 1 is 0.926 bits per heavy atom. The van der Waals surface area contributed by atoms with E-state index in [2.05, 4.69) is 10.6 Å². The molecule has 2 heterocycles. The number of carbonyl (C=O) groups is 6.